The first-order valence-corrected chi connectivity index (χ1v) is 6.70. The van der Waals surface area contributed by atoms with E-state index in [4.69, 9.17) is 5.73 Å². The van der Waals surface area contributed by atoms with Crippen LogP contribution in [-0.4, -0.2) is 28.1 Å². The molecule has 106 valence electrons. The van der Waals surface area contributed by atoms with E-state index in [1.165, 1.54) is 18.1 Å². The smallest absolute Gasteiger partial charge is 0.292 e. The highest BCUT2D eigenvalue weighted by molar-refractivity contribution is 7.92. The van der Waals surface area contributed by atoms with Gasteiger partial charge in [-0.05, 0) is 12.1 Å². The first kappa shape index (κ1) is 13.7. The Morgan fingerprint density at radius 2 is 2.15 bits per heavy atom. The average molecular weight is 298 g/mol. The van der Waals surface area contributed by atoms with Crippen molar-refractivity contribution in [1.82, 2.24) is 14.8 Å². The molecule has 20 heavy (non-hydrogen) atoms. The van der Waals surface area contributed by atoms with E-state index in [0.29, 0.717) is 0 Å². The lowest BCUT2D eigenvalue weighted by Gasteiger charge is -2.07. The maximum absolute atomic E-state index is 12.1. The van der Waals surface area contributed by atoms with Gasteiger partial charge >= 0.3 is 0 Å². The third-order valence-corrected chi connectivity index (χ3v) is 3.77. The molecule has 0 unspecified atom stereocenters. The summed E-state index contributed by atoms with van der Waals surface area (Å²) in [5.41, 5.74) is 4.86. The van der Waals surface area contributed by atoms with E-state index >= 15 is 0 Å². The van der Waals surface area contributed by atoms with Gasteiger partial charge in [-0.1, -0.05) is 0 Å². The molecule has 0 amide bonds. The van der Waals surface area contributed by atoms with Crippen LogP contribution in [0.15, 0.2) is 29.4 Å². The molecule has 11 heteroatoms. The van der Waals surface area contributed by atoms with Crippen molar-refractivity contribution in [3.05, 3.63) is 34.6 Å². The van der Waals surface area contributed by atoms with Crippen LogP contribution in [0.25, 0.3) is 0 Å². The van der Waals surface area contributed by atoms with E-state index in [2.05, 4.69) is 14.8 Å². The number of hydrogen-bond acceptors (Lipinski definition) is 7. The number of nitro groups is 1. The maximum Gasteiger partial charge on any atom is 0.292 e. The highest BCUT2D eigenvalue weighted by Crippen LogP contribution is 2.25. The summed E-state index contributed by atoms with van der Waals surface area (Å²) in [4.78, 5) is 13.4. The lowest BCUT2D eigenvalue weighted by molar-refractivity contribution is -0.383. The van der Waals surface area contributed by atoms with Gasteiger partial charge in [-0.2, -0.15) is 10.1 Å². The average Bonchev–Trinajstić information content (AvgIpc) is 2.73. The normalized spacial score (nSPS) is 11.2. The lowest BCUT2D eigenvalue weighted by Crippen LogP contribution is -2.16. The van der Waals surface area contributed by atoms with E-state index in [1.54, 1.807) is 0 Å². The highest BCUT2D eigenvalue weighted by Gasteiger charge is 2.20. The molecule has 0 fully saturated rings. The van der Waals surface area contributed by atoms with Crippen LogP contribution in [0.3, 0.4) is 0 Å². The van der Waals surface area contributed by atoms with Crippen molar-refractivity contribution in [2.24, 2.45) is 7.05 Å². The molecule has 0 saturated carbocycles. The Kier molecular flexibility index (Phi) is 3.28. The largest absolute Gasteiger partial charge is 0.393 e. The zero-order chi connectivity index (χ0) is 14.9. The fourth-order valence-corrected chi connectivity index (χ4v) is 2.51. The minimum Gasteiger partial charge on any atom is -0.393 e. The van der Waals surface area contributed by atoms with E-state index in [9.17, 15) is 18.5 Å². The van der Waals surface area contributed by atoms with Gasteiger partial charge in [-0.25, -0.2) is 17.8 Å². The molecule has 0 bridgehead atoms. The third-order valence-electron chi connectivity index (χ3n) is 2.44. The Morgan fingerprint density at radius 1 is 1.45 bits per heavy atom. The van der Waals surface area contributed by atoms with Crippen molar-refractivity contribution in [1.29, 1.82) is 0 Å². The zero-order valence-corrected chi connectivity index (χ0v) is 11.0. The molecule has 2 rings (SSSR count). The molecule has 1 aromatic heterocycles. The van der Waals surface area contributed by atoms with Crippen LogP contribution < -0.4 is 10.5 Å². The van der Waals surface area contributed by atoms with E-state index in [-0.39, 0.29) is 22.2 Å². The van der Waals surface area contributed by atoms with E-state index in [0.717, 1.165) is 18.2 Å². The van der Waals surface area contributed by atoms with Gasteiger partial charge in [0.2, 0.25) is 5.95 Å². The highest BCUT2D eigenvalue weighted by atomic mass is 32.2. The number of aryl methyl sites for hydroxylation is 1. The summed E-state index contributed by atoms with van der Waals surface area (Å²) in [6.07, 6.45) is 1.18. The standard InChI is InChI=1S/C9H10N6O4S/c1-14-9(11-5-12-14)13-20(18,19)6-2-3-8(15(16)17)7(10)4-6/h2-5H,10H2,1H3,(H,11,12,13). The molecule has 3 N–H and O–H groups in total. The van der Waals surface area contributed by atoms with Crippen LogP contribution >= 0.6 is 0 Å². The molecule has 1 heterocycles. The molecule has 0 aliphatic heterocycles. The van der Waals surface area contributed by atoms with Crippen molar-refractivity contribution < 1.29 is 13.3 Å². The van der Waals surface area contributed by atoms with Gasteiger partial charge in [0.05, 0.1) is 9.82 Å². The second-order valence-corrected chi connectivity index (χ2v) is 5.47. The van der Waals surface area contributed by atoms with Gasteiger partial charge < -0.3 is 5.73 Å². The molecule has 1 aromatic carbocycles. The summed E-state index contributed by atoms with van der Waals surface area (Å²) in [5.74, 6) is 0.0157. The Balaban J connectivity index is 2.38. The monoisotopic (exact) mass is 298 g/mol. The molecule has 0 atom stereocenters. The van der Waals surface area contributed by atoms with Crippen molar-refractivity contribution in [2.75, 3.05) is 10.5 Å². The van der Waals surface area contributed by atoms with Crippen LogP contribution in [0.1, 0.15) is 0 Å². The number of nitrogen functional groups attached to an aromatic ring is 1. The molecular weight excluding hydrogens is 288 g/mol. The topological polar surface area (TPSA) is 146 Å². The van der Waals surface area contributed by atoms with Gasteiger partial charge in [0.15, 0.2) is 0 Å². The molecule has 0 radical (unpaired) electrons. The molecule has 0 aliphatic rings. The number of benzene rings is 1. The van der Waals surface area contributed by atoms with Crippen molar-refractivity contribution in [3.63, 3.8) is 0 Å². The molecule has 0 spiro atoms. The molecule has 0 aliphatic carbocycles. The van der Waals surface area contributed by atoms with Gasteiger partial charge in [0.25, 0.3) is 15.7 Å². The number of aromatic nitrogens is 3. The molecule has 0 saturated heterocycles. The van der Waals surface area contributed by atoms with Gasteiger partial charge in [-0.3, -0.25) is 10.1 Å². The summed E-state index contributed by atoms with van der Waals surface area (Å²) in [6.45, 7) is 0. The summed E-state index contributed by atoms with van der Waals surface area (Å²) in [6, 6.07) is 3.13. The second kappa shape index (κ2) is 4.77. The number of nitro benzene ring substituents is 1. The van der Waals surface area contributed by atoms with Gasteiger partial charge in [0.1, 0.15) is 12.0 Å². The van der Waals surface area contributed by atoms with Crippen LogP contribution in [-0.2, 0) is 17.1 Å². The van der Waals surface area contributed by atoms with Crippen LogP contribution in [0.2, 0.25) is 0 Å². The number of rotatable bonds is 4. The predicted molar refractivity (Wildman–Crippen MR) is 69.3 cm³/mol. The number of nitrogens with zero attached hydrogens (tertiary/aromatic N) is 4. The lowest BCUT2D eigenvalue weighted by atomic mass is 10.3. The first-order chi connectivity index (χ1) is 9.31. The van der Waals surface area contributed by atoms with Gasteiger partial charge in [0, 0.05) is 13.1 Å². The fraction of sp³-hybridized carbons (Fsp3) is 0.111. The third kappa shape index (κ3) is 2.51. The number of nitrogens with one attached hydrogen (secondary N) is 1. The Hall–Kier alpha value is -2.69. The predicted octanol–water partition coefficient (Wildman–Crippen LogP) is 0.106. The number of hydrogen-bond donors (Lipinski definition) is 2. The van der Waals surface area contributed by atoms with Crippen LogP contribution in [0, 0.1) is 10.1 Å². The summed E-state index contributed by atoms with van der Waals surface area (Å²) < 4.78 is 27.6. The summed E-state index contributed by atoms with van der Waals surface area (Å²) in [5, 5.41) is 14.3. The second-order valence-electron chi connectivity index (χ2n) is 3.79. The Bertz CT molecular complexity index is 768. The van der Waals surface area contributed by atoms with E-state index in [1.807, 2.05) is 0 Å². The van der Waals surface area contributed by atoms with Gasteiger partial charge in [-0.15, -0.1) is 0 Å². The Labute approximate surface area is 113 Å². The zero-order valence-electron chi connectivity index (χ0n) is 10.2. The quantitative estimate of drug-likeness (QED) is 0.462. The molecular formula is C9H10N6O4S. The molecule has 10 nitrogen and oxygen atoms in total. The first-order valence-electron chi connectivity index (χ1n) is 5.22. The SMILES string of the molecule is Cn1ncnc1NS(=O)(=O)c1ccc([N+](=O)[O-])c(N)c1. The molecule has 2 aromatic rings. The van der Waals surface area contributed by atoms with Crippen molar-refractivity contribution >= 4 is 27.3 Å². The minimum atomic E-state index is -3.95. The number of anilines is 2. The summed E-state index contributed by atoms with van der Waals surface area (Å²) >= 11 is 0. The van der Waals surface area contributed by atoms with Crippen molar-refractivity contribution in [2.45, 2.75) is 4.90 Å². The maximum atomic E-state index is 12.1. The Morgan fingerprint density at radius 3 is 2.65 bits per heavy atom. The van der Waals surface area contributed by atoms with Crippen molar-refractivity contribution in [3.8, 4) is 0 Å². The number of sulfonamides is 1. The number of nitrogens with two attached hydrogens (primary N) is 1. The van der Waals surface area contributed by atoms with Crippen LogP contribution in [0.5, 0.6) is 0 Å². The fourth-order valence-electron chi connectivity index (χ4n) is 1.43. The minimum absolute atomic E-state index is 0.0157. The van der Waals surface area contributed by atoms with E-state index < -0.39 is 14.9 Å². The van der Waals surface area contributed by atoms with Crippen LogP contribution in [0.4, 0.5) is 17.3 Å². The summed E-state index contributed by atoms with van der Waals surface area (Å²) in [7, 11) is -2.44.